The average molecular weight is 436 g/mol. The van der Waals surface area contributed by atoms with Crippen LogP contribution in [0.4, 0.5) is 0 Å². The summed E-state index contributed by atoms with van der Waals surface area (Å²) in [5, 5.41) is 13.5. The fourth-order valence-electron chi connectivity index (χ4n) is 4.00. The molecule has 0 radical (unpaired) electrons. The van der Waals surface area contributed by atoms with Crippen molar-refractivity contribution in [2.75, 3.05) is 13.1 Å². The first-order chi connectivity index (χ1) is 15.0. The molecule has 176 valence electrons. The summed E-state index contributed by atoms with van der Waals surface area (Å²) in [6.07, 6.45) is 13.7. The topological polar surface area (TPSA) is 94.1 Å². The predicted molar refractivity (Wildman–Crippen MR) is 126 cm³/mol. The van der Waals surface area contributed by atoms with Gasteiger partial charge in [0.05, 0.1) is 12.4 Å². The summed E-state index contributed by atoms with van der Waals surface area (Å²) in [5.74, 6) is 0. The van der Waals surface area contributed by atoms with E-state index in [2.05, 4.69) is 17.2 Å². The van der Waals surface area contributed by atoms with E-state index in [0.29, 0.717) is 37.1 Å². The summed E-state index contributed by atoms with van der Waals surface area (Å²) in [4.78, 5) is 29.3. The summed E-state index contributed by atoms with van der Waals surface area (Å²) >= 11 is 0. The number of aliphatic hydroxyl groups is 1. The van der Waals surface area contributed by atoms with Gasteiger partial charge in [-0.05, 0) is 32.2 Å². The highest BCUT2D eigenvalue weighted by Crippen LogP contribution is 2.08. The molecule has 0 aliphatic rings. The van der Waals surface area contributed by atoms with Crippen LogP contribution in [-0.4, -0.2) is 43.0 Å². The molecule has 0 saturated heterocycles. The largest absolute Gasteiger partial charge is 0.392 e. The van der Waals surface area contributed by atoms with Crippen LogP contribution in [0.1, 0.15) is 77.6 Å². The number of aromatic nitrogens is 4. The van der Waals surface area contributed by atoms with E-state index in [1.165, 1.54) is 54.1 Å². The molecule has 0 aromatic carbocycles. The van der Waals surface area contributed by atoms with E-state index in [-0.39, 0.29) is 11.2 Å². The van der Waals surface area contributed by atoms with E-state index < -0.39 is 6.10 Å². The van der Waals surface area contributed by atoms with Crippen LogP contribution in [-0.2, 0) is 20.6 Å². The molecule has 2 aromatic heterocycles. The summed E-state index contributed by atoms with van der Waals surface area (Å²) in [6, 6.07) is 0. The lowest BCUT2D eigenvalue weighted by atomic mass is 10.1. The molecule has 0 saturated carbocycles. The Labute approximate surface area is 185 Å². The SMILES string of the molecule is CCCCCCCCCCNCC(O)CCCCn1c(=O)c2c(ncn2C)n(C)c1=O. The van der Waals surface area contributed by atoms with Crippen molar-refractivity contribution in [2.24, 2.45) is 14.1 Å². The number of nitrogens with one attached hydrogen (secondary N) is 1. The lowest BCUT2D eigenvalue weighted by molar-refractivity contribution is 0.157. The van der Waals surface area contributed by atoms with E-state index in [1.807, 2.05) is 0 Å². The molecule has 0 amide bonds. The highest BCUT2D eigenvalue weighted by Gasteiger charge is 2.14. The second-order valence-electron chi connectivity index (χ2n) is 8.65. The van der Waals surface area contributed by atoms with Gasteiger partial charge >= 0.3 is 5.69 Å². The Balaban J connectivity index is 1.61. The molecular formula is C23H41N5O3. The minimum atomic E-state index is -0.395. The fraction of sp³-hybridized carbons (Fsp3) is 0.783. The normalized spacial score (nSPS) is 12.6. The quantitative estimate of drug-likeness (QED) is 0.395. The number of rotatable bonds is 16. The van der Waals surface area contributed by atoms with Gasteiger partial charge in [0.1, 0.15) is 0 Å². The van der Waals surface area contributed by atoms with Crippen LogP contribution in [0.5, 0.6) is 0 Å². The molecule has 0 bridgehead atoms. The minimum absolute atomic E-state index is 0.300. The van der Waals surface area contributed by atoms with Gasteiger partial charge in [-0.15, -0.1) is 0 Å². The third kappa shape index (κ3) is 7.61. The molecule has 0 aliphatic heterocycles. The number of aliphatic hydroxyl groups excluding tert-OH is 1. The summed E-state index contributed by atoms with van der Waals surface area (Å²) in [7, 11) is 3.39. The molecule has 1 unspecified atom stereocenters. The fourth-order valence-corrected chi connectivity index (χ4v) is 4.00. The Morgan fingerprint density at radius 3 is 2.39 bits per heavy atom. The number of aryl methyl sites for hydroxylation is 2. The average Bonchev–Trinajstić information content (AvgIpc) is 3.14. The third-order valence-electron chi connectivity index (χ3n) is 5.96. The predicted octanol–water partition coefficient (Wildman–Crippen LogP) is 2.70. The van der Waals surface area contributed by atoms with Gasteiger partial charge in [0, 0.05) is 27.2 Å². The molecule has 2 N–H and O–H groups in total. The second kappa shape index (κ2) is 13.5. The number of hydrogen-bond donors (Lipinski definition) is 2. The molecular weight excluding hydrogens is 394 g/mol. The van der Waals surface area contributed by atoms with Gasteiger partial charge in [0.25, 0.3) is 5.56 Å². The molecule has 8 nitrogen and oxygen atoms in total. The van der Waals surface area contributed by atoms with E-state index in [9.17, 15) is 14.7 Å². The van der Waals surface area contributed by atoms with Crippen molar-refractivity contribution in [3.05, 3.63) is 27.2 Å². The van der Waals surface area contributed by atoms with E-state index >= 15 is 0 Å². The standard InChI is InChI=1S/C23H41N5O3/c1-4-5-6-7-8-9-10-12-15-24-17-19(29)14-11-13-16-28-22(30)20-21(25-18-26(20)2)27(3)23(28)31/h18-19,24,29H,4-17H2,1-3H3. The molecule has 31 heavy (non-hydrogen) atoms. The number of hydrogen-bond acceptors (Lipinski definition) is 5. The lowest BCUT2D eigenvalue weighted by Gasteiger charge is -2.12. The Morgan fingerprint density at radius 2 is 1.68 bits per heavy atom. The molecule has 2 rings (SSSR count). The van der Waals surface area contributed by atoms with Crippen LogP contribution in [0.25, 0.3) is 11.2 Å². The van der Waals surface area contributed by atoms with Crippen LogP contribution in [0.2, 0.25) is 0 Å². The number of nitrogens with zero attached hydrogens (tertiary/aromatic N) is 4. The maximum absolute atomic E-state index is 12.7. The first kappa shape index (κ1) is 25.3. The third-order valence-corrected chi connectivity index (χ3v) is 5.96. The van der Waals surface area contributed by atoms with Crippen molar-refractivity contribution >= 4 is 11.2 Å². The van der Waals surface area contributed by atoms with E-state index in [0.717, 1.165) is 19.4 Å². The van der Waals surface area contributed by atoms with Crippen molar-refractivity contribution in [1.82, 2.24) is 24.0 Å². The summed E-state index contributed by atoms with van der Waals surface area (Å²) in [6.45, 7) is 4.14. The Bertz CT molecular complexity index is 899. The second-order valence-corrected chi connectivity index (χ2v) is 8.65. The zero-order valence-corrected chi connectivity index (χ0v) is 19.6. The molecule has 2 heterocycles. The first-order valence-corrected chi connectivity index (χ1v) is 12.0. The molecule has 1 atom stereocenters. The van der Waals surface area contributed by atoms with Crippen molar-refractivity contribution in [2.45, 2.75) is 90.2 Å². The maximum Gasteiger partial charge on any atom is 0.332 e. The summed E-state index contributed by atoms with van der Waals surface area (Å²) < 4.78 is 4.34. The molecule has 0 aliphatic carbocycles. The van der Waals surface area contributed by atoms with Crippen molar-refractivity contribution in [1.29, 1.82) is 0 Å². The van der Waals surface area contributed by atoms with Crippen molar-refractivity contribution in [3.8, 4) is 0 Å². The van der Waals surface area contributed by atoms with Crippen LogP contribution < -0.4 is 16.6 Å². The Hall–Kier alpha value is -1.93. The zero-order valence-electron chi connectivity index (χ0n) is 19.6. The first-order valence-electron chi connectivity index (χ1n) is 12.0. The minimum Gasteiger partial charge on any atom is -0.392 e. The van der Waals surface area contributed by atoms with Crippen LogP contribution >= 0.6 is 0 Å². The summed E-state index contributed by atoms with van der Waals surface area (Å²) in [5.41, 5.74) is 0.202. The van der Waals surface area contributed by atoms with Gasteiger partial charge in [-0.3, -0.25) is 13.9 Å². The van der Waals surface area contributed by atoms with E-state index in [4.69, 9.17) is 0 Å². The number of fused-ring (bicyclic) bond motifs is 1. The lowest BCUT2D eigenvalue weighted by Crippen LogP contribution is -2.39. The highest BCUT2D eigenvalue weighted by molar-refractivity contribution is 5.69. The van der Waals surface area contributed by atoms with Crippen LogP contribution in [0.3, 0.4) is 0 Å². The molecule has 0 fully saturated rings. The van der Waals surface area contributed by atoms with E-state index in [1.54, 1.807) is 25.0 Å². The van der Waals surface area contributed by atoms with Crippen LogP contribution in [0.15, 0.2) is 15.9 Å². The van der Waals surface area contributed by atoms with Gasteiger partial charge in [-0.25, -0.2) is 9.78 Å². The smallest absolute Gasteiger partial charge is 0.332 e. The molecule has 2 aromatic rings. The van der Waals surface area contributed by atoms with Gasteiger partial charge in [0.15, 0.2) is 11.2 Å². The van der Waals surface area contributed by atoms with Crippen molar-refractivity contribution in [3.63, 3.8) is 0 Å². The number of imidazole rings is 1. The van der Waals surface area contributed by atoms with Crippen molar-refractivity contribution < 1.29 is 5.11 Å². The zero-order chi connectivity index (χ0) is 22.6. The molecule has 0 spiro atoms. The van der Waals surface area contributed by atoms with Gasteiger partial charge in [-0.1, -0.05) is 51.9 Å². The Kier molecular flexibility index (Phi) is 11.0. The number of unbranched alkanes of at least 4 members (excludes halogenated alkanes) is 8. The van der Waals surface area contributed by atoms with Gasteiger partial charge < -0.3 is 15.0 Å². The molecule has 8 heteroatoms. The van der Waals surface area contributed by atoms with Crippen LogP contribution in [0, 0.1) is 0 Å². The Morgan fingerprint density at radius 1 is 1.00 bits per heavy atom. The maximum atomic E-state index is 12.7. The highest BCUT2D eigenvalue weighted by atomic mass is 16.3. The monoisotopic (exact) mass is 435 g/mol. The van der Waals surface area contributed by atoms with Gasteiger partial charge in [-0.2, -0.15) is 0 Å². The van der Waals surface area contributed by atoms with Gasteiger partial charge in [0.2, 0.25) is 0 Å².